The smallest absolute Gasteiger partial charge is 0.360 e. The fourth-order valence-corrected chi connectivity index (χ4v) is 3.11. The number of hydrogen-bond acceptors (Lipinski definition) is 5. The lowest BCUT2D eigenvalue weighted by Gasteiger charge is -2.19. The molecule has 1 heterocycles. The van der Waals surface area contributed by atoms with Crippen LogP contribution in [0.15, 0.2) is 47.3 Å². The summed E-state index contributed by atoms with van der Waals surface area (Å²) in [5.74, 6) is -1.00. The van der Waals surface area contributed by atoms with Gasteiger partial charge in [-0.2, -0.15) is 5.10 Å². The summed E-state index contributed by atoms with van der Waals surface area (Å²) in [6.07, 6.45) is -1.05. The molecule has 150 valence electrons. The highest BCUT2D eigenvalue weighted by molar-refractivity contribution is 6.03. The average Bonchev–Trinajstić information content (AvgIpc) is 2.69. The Hall–Kier alpha value is -3.48. The molecule has 3 aromatic rings. The second-order valence-electron chi connectivity index (χ2n) is 7.18. The Morgan fingerprint density at radius 3 is 2.41 bits per heavy atom. The number of fused-ring (bicyclic) bond motifs is 1. The number of nitrogens with zero attached hydrogens (tertiary/aromatic N) is 1. The van der Waals surface area contributed by atoms with Crippen LogP contribution in [0.2, 0.25) is 0 Å². The van der Waals surface area contributed by atoms with Crippen molar-refractivity contribution < 1.29 is 14.3 Å². The van der Waals surface area contributed by atoms with E-state index in [0.29, 0.717) is 10.8 Å². The Kier molecular flexibility index (Phi) is 5.77. The number of para-hydroxylation sites is 1. The fraction of sp³-hybridized carbons (Fsp3) is 0.273. The number of aromatic nitrogens is 2. The molecule has 0 aliphatic rings. The maximum absolute atomic E-state index is 12.7. The van der Waals surface area contributed by atoms with Gasteiger partial charge < -0.3 is 10.1 Å². The first-order valence-electron chi connectivity index (χ1n) is 9.38. The van der Waals surface area contributed by atoms with E-state index in [-0.39, 0.29) is 11.6 Å². The molecule has 0 bridgehead atoms. The van der Waals surface area contributed by atoms with Gasteiger partial charge in [0.2, 0.25) is 0 Å². The lowest BCUT2D eigenvalue weighted by molar-refractivity contribution is -0.123. The number of benzene rings is 2. The zero-order valence-electron chi connectivity index (χ0n) is 16.8. The first kappa shape index (κ1) is 20.3. The van der Waals surface area contributed by atoms with Crippen LogP contribution in [0.1, 0.15) is 48.3 Å². The lowest BCUT2D eigenvalue weighted by Crippen LogP contribution is -2.31. The molecule has 0 unspecified atom stereocenters. The van der Waals surface area contributed by atoms with E-state index in [0.717, 1.165) is 16.8 Å². The monoisotopic (exact) mass is 393 g/mol. The summed E-state index contributed by atoms with van der Waals surface area (Å²) < 4.78 is 5.32. The Morgan fingerprint density at radius 2 is 1.72 bits per heavy atom. The van der Waals surface area contributed by atoms with Gasteiger partial charge in [-0.05, 0) is 37.0 Å². The second kappa shape index (κ2) is 8.26. The number of esters is 1. The molecule has 7 nitrogen and oxygen atoms in total. The van der Waals surface area contributed by atoms with Crippen LogP contribution in [-0.2, 0) is 9.53 Å². The van der Waals surface area contributed by atoms with Gasteiger partial charge in [0.05, 0.1) is 5.39 Å². The molecule has 0 fully saturated rings. The number of carbonyl (C=O) groups is 2. The van der Waals surface area contributed by atoms with Gasteiger partial charge in [-0.25, -0.2) is 9.89 Å². The van der Waals surface area contributed by atoms with Gasteiger partial charge in [-0.3, -0.25) is 9.59 Å². The highest BCUT2D eigenvalue weighted by atomic mass is 16.5. The first-order chi connectivity index (χ1) is 13.8. The molecule has 0 saturated heterocycles. The van der Waals surface area contributed by atoms with Gasteiger partial charge in [0.1, 0.15) is 0 Å². The summed E-state index contributed by atoms with van der Waals surface area (Å²) in [5.41, 5.74) is 2.21. The third-order valence-corrected chi connectivity index (χ3v) is 4.72. The van der Waals surface area contributed by atoms with Crippen LogP contribution in [0, 0.1) is 6.92 Å². The van der Waals surface area contributed by atoms with Crippen LogP contribution in [0.5, 0.6) is 0 Å². The van der Waals surface area contributed by atoms with Crippen molar-refractivity contribution in [2.24, 2.45) is 0 Å². The number of H-pyrrole nitrogens is 1. The normalized spacial score (nSPS) is 12.0. The number of hydrogen-bond donors (Lipinski definition) is 2. The lowest BCUT2D eigenvalue weighted by atomic mass is 9.98. The number of nitrogens with one attached hydrogen (secondary N) is 2. The van der Waals surface area contributed by atoms with Crippen molar-refractivity contribution in [3.63, 3.8) is 0 Å². The van der Waals surface area contributed by atoms with Crippen LogP contribution in [-0.4, -0.2) is 28.2 Å². The summed E-state index contributed by atoms with van der Waals surface area (Å²) in [4.78, 5) is 37.1. The van der Waals surface area contributed by atoms with Gasteiger partial charge in [0, 0.05) is 11.1 Å². The highest BCUT2D eigenvalue weighted by Crippen LogP contribution is 2.27. The summed E-state index contributed by atoms with van der Waals surface area (Å²) in [6.45, 7) is 7.49. The van der Waals surface area contributed by atoms with Crippen LogP contribution in [0.3, 0.4) is 0 Å². The van der Waals surface area contributed by atoms with Crippen LogP contribution >= 0.6 is 0 Å². The van der Waals surface area contributed by atoms with E-state index in [1.165, 1.54) is 6.92 Å². The average molecular weight is 393 g/mol. The molecule has 3 rings (SSSR count). The molecule has 0 aliphatic carbocycles. The Morgan fingerprint density at radius 1 is 1.03 bits per heavy atom. The number of anilines is 1. The highest BCUT2D eigenvalue weighted by Gasteiger charge is 2.23. The summed E-state index contributed by atoms with van der Waals surface area (Å²) in [6, 6.07) is 12.4. The van der Waals surface area contributed by atoms with E-state index < -0.39 is 23.5 Å². The third kappa shape index (κ3) is 4.18. The van der Waals surface area contributed by atoms with Crippen LogP contribution in [0.25, 0.3) is 10.8 Å². The van der Waals surface area contributed by atoms with Gasteiger partial charge in [0.15, 0.2) is 11.8 Å². The summed E-state index contributed by atoms with van der Waals surface area (Å²) in [7, 11) is 0. The molecule has 0 spiro atoms. The molecule has 29 heavy (non-hydrogen) atoms. The van der Waals surface area contributed by atoms with Gasteiger partial charge in [-0.15, -0.1) is 0 Å². The largest absolute Gasteiger partial charge is 0.448 e. The van der Waals surface area contributed by atoms with Crippen LogP contribution < -0.4 is 10.9 Å². The maximum Gasteiger partial charge on any atom is 0.360 e. The van der Waals surface area contributed by atoms with E-state index in [1.54, 1.807) is 24.3 Å². The van der Waals surface area contributed by atoms with Crippen molar-refractivity contribution >= 4 is 28.3 Å². The standard InChI is InChI=1S/C22H23N3O4/c1-12(2)15-11-7-8-13(3)18(15)23-20(26)14(4)29-22(28)19-16-9-5-6-10-17(16)21(27)25-24-19/h5-12,14H,1-4H3,(H,23,26)(H,25,27)/t14-/m1/s1. The van der Waals surface area contributed by atoms with Gasteiger partial charge in [0.25, 0.3) is 11.5 Å². The predicted molar refractivity (Wildman–Crippen MR) is 111 cm³/mol. The van der Waals surface area contributed by atoms with Crippen molar-refractivity contribution in [2.75, 3.05) is 5.32 Å². The molecule has 0 radical (unpaired) electrons. The number of aromatic amines is 1. The molecule has 7 heteroatoms. The van der Waals surface area contributed by atoms with Gasteiger partial charge in [-0.1, -0.05) is 50.2 Å². The van der Waals surface area contributed by atoms with Gasteiger partial charge >= 0.3 is 5.97 Å². The quantitative estimate of drug-likeness (QED) is 0.646. The zero-order valence-corrected chi connectivity index (χ0v) is 16.8. The molecule has 1 amide bonds. The Labute approximate surface area is 168 Å². The zero-order chi connectivity index (χ0) is 21.1. The number of ether oxygens (including phenoxy) is 1. The molecule has 1 aromatic heterocycles. The minimum atomic E-state index is -1.05. The SMILES string of the molecule is Cc1cccc(C(C)C)c1NC(=O)[C@@H](C)OC(=O)c1n[nH]c(=O)c2ccccc12. The second-order valence-corrected chi connectivity index (χ2v) is 7.18. The molecule has 1 atom stereocenters. The molecular weight excluding hydrogens is 370 g/mol. The Balaban J connectivity index is 1.80. The summed E-state index contributed by atoms with van der Waals surface area (Å²) >= 11 is 0. The van der Waals surface area contributed by atoms with Crippen molar-refractivity contribution in [3.8, 4) is 0 Å². The van der Waals surface area contributed by atoms with Crippen molar-refractivity contribution in [3.05, 3.63) is 69.6 Å². The molecule has 0 aliphatic heterocycles. The van der Waals surface area contributed by atoms with Crippen molar-refractivity contribution in [1.29, 1.82) is 0 Å². The minimum absolute atomic E-state index is 0.0430. The number of rotatable bonds is 5. The van der Waals surface area contributed by atoms with E-state index >= 15 is 0 Å². The molecular formula is C22H23N3O4. The van der Waals surface area contributed by atoms with E-state index in [2.05, 4.69) is 15.5 Å². The molecule has 0 saturated carbocycles. The summed E-state index contributed by atoms with van der Waals surface area (Å²) in [5, 5.41) is 9.66. The Bertz CT molecular complexity index is 1130. The molecule has 2 aromatic carbocycles. The fourth-order valence-electron chi connectivity index (χ4n) is 3.11. The third-order valence-electron chi connectivity index (χ3n) is 4.72. The minimum Gasteiger partial charge on any atom is -0.448 e. The van der Waals surface area contributed by atoms with Crippen molar-refractivity contribution in [2.45, 2.75) is 39.7 Å². The van der Waals surface area contributed by atoms with E-state index in [1.807, 2.05) is 39.0 Å². The molecule has 2 N–H and O–H groups in total. The number of carbonyl (C=O) groups excluding carboxylic acids is 2. The topological polar surface area (TPSA) is 101 Å². The van der Waals surface area contributed by atoms with E-state index in [4.69, 9.17) is 4.74 Å². The predicted octanol–water partition coefficient (Wildman–Crippen LogP) is 3.54. The van der Waals surface area contributed by atoms with Crippen LogP contribution in [0.4, 0.5) is 5.69 Å². The van der Waals surface area contributed by atoms with E-state index in [9.17, 15) is 14.4 Å². The van der Waals surface area contributed by atoms with Crippen molar-refractivity contribution in [1.82, 2.24) is 10.2 Å². The number of aryl methyl sites for hydroxylation is 1. The maximum atomic E-state index is 12.7. The first-order valence-corrected chi connectivity index (χ1v) is 9.38. The number of amides is 1.